The summed E-state index contributed by atoms with van der Waals surface area (Å²) < 4.78 is 0. The average molecular weight is 248 g/mol. The minimum absolute atomic E-state index is 0.0535. The fourth-order valence-electron chi connectivity index (χ4n) is 2.44. The first-order valence-corrected chi connectivity index (χ1v) is 6.36. The Labute approximate surface area is 108 Å². The Morgan fingerprint density at radius 3 is 2.61 bits per heavy atom. The van der Waals surface area contributed by atoms with Gasteiger partial charge in [0.15, 0.2) is 0 Å². The number of rotatable bonds is 1. The first-order valence-electron chi connectivity index (χ1n) is 6.36. The molecule has 1 saturated heterocycles. The zero-order chi connectivity index (χ0) is 13.1. The van der Waals surface area contributed by atoms with E-state index in [0.717, 1.165) is 26.1 Å². The average Bonchev–Trinajstić information content (AvgIpc) is 2.50. The summed E-state index contributed by atoms with van der Waals surface area (Å²) in [6.07, 6.45) is 1.00. The molecular weight excluding hydrogens is 228 g/mol. The summed E-state index contributed by atoms with van der Waals surface area (Å²) in [4.78, 5) is 16.6. The van der Waals surface area contributed by atoms with E-state index in [1.807, 2.05) is 4.90 Å². The Balaban J connectivity index is 2.14. The van der Waals surface area contributed by atoms with E-state index in [-0.39, 0.29) is 17.7 Å². The smallest absolute Gasteiger partial charge is 0.254 e. The zero-order valence-electron chi connectivity index (χ0n) is 11.0. The largest absolute Gasteiger partial charge is 0.508 e. The van der Waals surface area contributed by atoms with Gasteiger partial charge in [-0.1, -0.05) is 0 Å². The van der Waals surface area contributed by atoms with Gasteiger partial charge in [0.1, 0.15) is 5.75 Å². The highest BCUT2D eigenvalue weighted by Crippen LogP contribution is 2.15. The SMILES string of the molecule is CC1CN(C)CCCN1C(=O)c1ccc(O)cc1. The molecule has 0 radical (unpaired) electrons. The van der Waals surface area contributed by atoms with E-state index in [9.17, 15) is 9.90 Å². The van der Waals surface area contributed by atoms with Crippen LogP contribution in [0, 0.1) is 0 Å². The minimum Gasteiger partial charge on any atom is -0.508 e. The molecule has 0 saturated carbocycles. The van der Waals surface area contributed by atoms with Crippen LogP contribution in [-0.2, 0) is 0 Å². The van der Waals surface area contributed by atoms with Gasteiger partial charge in [-0.25, -0.2) is 0 Å². The third-order valence-electron chi connectivity index (χ3n) is 3.42. The Morgan fingerprint density at radius 2 is 1.94 bits per heavy atom. The first-order chi connectivity index (χ1) is 8.58. The van der Waals surface area contributed by atoms with Crippen molar-refractivity contribution in [3.05, 3.63) is 29.8 Å². The maximum atomic E-state index is 12.4. The van der Waals surface area contributed by atoms with Crippen LogP contribution >= 0.6 is 0 Å². The van der Waals surface area contributed by atoms with Gasteiger partial charge >= 0.3 is 0 Å². The fraction of sp³-hybridized carbons (Fsp3) is 0.500. The van der Waals surface area contributed by atoms with Crippen molar-refractivity contribution in [3.8, 4) is 5.75 Å². The van der Waals surface area contributed by atoms with Crippen LogP contribution in [-0.4, -0.2) is 53.5 Å². The molecule has 1 aromatic rings. The zero-order valence-corrected chi connectivity index (χ0v) is 11.0. The highest BCUT2D eigenvalue weighted by Gasteiger charge is 2.24. The van der Waals surface area contributed by atoms with E-state index in [1.165, 1.54) is 0 Å². The van der Waals surface area contributed by atoms with Crippen molar-refractivity contribution in [2.24, 2.45) is 0 Å². The number of phenolic OH excluding ortho intramolecular Hbond substituents is 1. The van der Waals surface area contributed by atoms with Gasteiger partial charge in [-0.05, 0) is 51.2 Å². The minimum atomic E-state index is 0.0535. The third kappa shape index (κ3) is 2.82. The molecule has 1 aliphatic heterocycles. The molecule has 1 N–H and O–H groups in total. The number of carbonyl (C=O) groups is 1. The van der Waals surface area contributed by atoms with Crippen LogP contribution < -0.4 is 0 Å². The number of nitrogens with zero attached hydrogens (tertiary/aromatic N) is 2. The van der Waals surface area contributed by atoms with Crippen LogP contribution in [0.15, 0.2) is 24.3 Å². The van der Waals surface area contributed by atoms with Crippen LogP contribution in [0.1, 0.15) is 23.7 Å². The van der Waals surface area contributed by atoms with E-state index in [1.54, 1.807) is 24.3 Å². The molecule has 1 aromatic carbocycles. The Bertz CT molecular complexity index is 416. The molecule has 1 atom stereocenters. The molecule has 1 heterocycles. The van der Waals surface area contributed by atoms with Gasteiger partial charge in [0, 0.05) is 24.7 Å². The molecular formula is C14H20N2O2. The Morgan fingerprint density at radius 1 is 1.28 bits per heavy atom. The van der Waals surface area contributed by atoms with Gasteiger partial charge in [0.2, 0.25) is 0 Å². The van der Waals surface area contributed by atoms with Crippen molar-refractivity contribution >= 4 is 5.91 Å². The number of hydrogen-bond donors (Lipinski definition) is 1. The number of phenols is 1. The van der Waals surface area contributed by atoms with E-state index >= 15 is 0 Å². The van der Waals surface area contributed by atoms with Crippen molar-refractivity contribution in [1.29, 1.82) is 0 Å². The van der Waals surface area contributed by atoms with Gasteiger partial charge in [-0.3, -0.25) is 4.79 Å². The van der Waals surface area contributed by atoms with E-state index in [2.05, 4.69) is 18.9 Å². The lowest BCUT2D eigenvalue weighted by molar-refractivity contribution is 0.0696. The topological polar surface area (TPSA) is 43.8 Å². The van der Waals surface area contributed by atoms with Crippen molar-refractivity contribution in [1.82, 2.24) is 9.80 Å². The lowest BCUT2D eigenvalue weighted by atomic mass is 10.1. The van der Waals surface area contributed by atoms with Crippen LogP contribution in [0.25, 0.3) is 0 Å². The highest BCUT2D eigenvalue weighted by atomic mass is 16.3. The van der Waals surface area contributed by atoms with Crippen LogP contribution in [0.3, 0.4) is 0 Å². The molecule has 4 nitrogen and oxygen atoms in total. The Hall–Kier alpha value is -1.55. The molecule has 1 fully saturated rings. The maximum Gasteiger partial charge on any atom is 0.254 e. The molecule has 18 heavy (non-hydrogen) atoms. The summed E-state index contributed by atoms with van der Waals surface area (Å²) in [5.41, 5.74) is 0.643. The number of carbonyl (C=O) groups excluding carboxylic acids is 1. The maximum absolute atomic E-state index is 12.4. The number of aromatic hydroxyl groups is 1. The van der Waals surface area contributed by atoms with Crippen molar-refractivity contribution in [3.63, 3.8) is 0 Å². The predicted octanol–water partition coefficient (Wildman–Crippen LogP) is 1.56. The molecule has 1 unspecified atom stereocenters. The summed E-state index contributed by atoms with van der Waals surface area (Å²) in [7, 11) is 2.09. The number of hydrogen-bond acceptors (Lipinski definition) is 3. The summed E-state index contributed by atoms with van der Waals surface area (Å²) >= 11 is 0. The monoisotopic (exact) mass is 248 g/mol. The standard InChI is InChI=1S/C14H20N2O2/c1-11-10-15(2)8-3-9-16(11)14(18)12-4-6-13(17)7-5-12/h4-7,11,17H,3,8-10H2,1-2H3. The molecule has 0 aromatic heterocycles. The van der Waals surface area contributed by atoms with E-state index < -0.39 is 0 Å². The second kappa shape index (κ2) is 5.40. The fourth-order valence-corrected chi connectivity index (χ4v) is 2.44. The van der Waals surface area contributed by atoms with E-state index in [0.29, 0.717) is 5.56 Å². The van der Waals surface area contributed by atoms with Gasteiger partial charge < -0.3 is 14.9 Å². The lowest BCUT2D eigenvalue weighted by Crippen LogP contribution is -2.41. The molecule has 0 spiro atoms. The van der Waals surface area contributed by atoms with Gasteiger partial charge in [0.25, 0.3) is 5.91 Å². The normalized spacial score (nSPS) is 21.7. The summed E-state index contributed by atoms with van der Waals surface area (Å²) in [5.74, 6) is 0.244. The van der Waals surface area contributed by atoms with Crippen LogP contribution in [0.2, 0.25) is 0 Å². The first kappa shape index (κ1) is 12.9. The second-order valence-electron chi connectivity index (χ2n) is 5.01. The quantitative estimate of drug-likeness (QED) is 0.820. The van der Waals surface area contributed by atoms with Gasteiger partial charge in [0.05, 0.1) is 0 Å². The third-order valence-corrected chi connectivity index (χ3v) is 3.42. The summed E-state index contributed by atoms with van der Waals surface area (Å²) in [6.45, 7) is 4.82. The van der Waals surface area contributed by atoms with Crippen LogP contribution in [0.4, 0.5) is 0 Å². The molecule has 4 heteroatoms. The van der Waals surface area contributed by atoms with Gasteiger partial charge in [-0.15, -0.1) is 0 Å². The molecule has 1 aliphatic rings. The second-order valence-corrected chi connectivity index (χ2v) is 5.01. The van der Waals surface area contributed by atoms with Crippen molar-refractivity contribution in [2.45, 2.75) is 19.4 Å². The van der Waals surface area contributed by atoms with Gasteiger partial charge in [-0.2, -0.15) is 0 Å². The predicted molar refractivity (Wildman–Crippen MR) is 70.7 cm³/mol. The molecule has 0 aliphatic carbocycles. The molecule has 98 valence electrons. The number of benzene rings is 1. The molecule has 2 rings (SSSR count). The molecule has 0 bridgehead atoms. The summed E-state index contributed by atoms with van der Waals surface area (Å²) in [5, 5.41) is 9.25. The Kier molecular flexibility index (Phi) is 3.87. The number of amides is 1. The summed E-state index contributed by atoms with van der Waals surface area (Å²) in [6, 6.07) is 6.70. The number of likely N-dealkylation sites (N-methyl/N-ethyl adjacent to an activating group) is 1. The lowest BCUT2D eigenvalue weighted by Gasteiger charge is -2.28. The van der Waals surface area contributed by atoms with Crippen LogP contribution in [0.5, 0.6) is 5.75 Å². The van der Waals surface area contributed by atoms with Crippen molar-refractivity contribution < 1.29 is 9.90 Å². The highest BCUT2D eigenvalue weighted by molar-refractivity contribution is 5.94. The molecule has 1 amide bonds. The van der Waals surface area contributed by atoms with Crippen molar-refractivity contribution in [2.75, 3.05) is 26.7 Å². The van der Waals surface area contributed by atoms with E-state index in [4.69, 9.17) is 0 Å².